The monoisotopic (exact) mass is 244 g/mol. The van der Waals surface area contributed by atoms with Crippen LogP contribution in [0.1, 0.15) is 18.1 Å². The van der Waals surface area contributed by atoms with E-state index in [9.17, 15) is 0 Å². The quantitative estimate of drug-likeness (QED) is 0.816. The van der Waals surface area contributed by atoms with Crippen LogP contribution in [0.15, 0.2) is 18.2 Å². The molecule has 1 heterocycles. The summed E-state index contributed by atoms with van der Waals surface area (Å²) in [6.45, 7) is 5.73. The fourth-order valence-corrected chi connectivity index (χ4v) is 2.48. The molecule has 0 aliphatic carbocycles. The van der Waals surface area contributed by atoms with Crippen molar-refractivity contribution in [3.05, 3.63) is 29.3 Å². The lowest BCUT2D eigenvalue weighted by Crippen LogP contribution is -2.34. The van der Waals surface area contributed by atoms with E-state index < -0.39 is 0 Å². The third kappa shape index (κ3) is 3.02. The molecule has 1 aliphatic rings. The molecule has 0 saturated carbocycles. The van der Waals surface area contributed by atoms with Crippen LogP contribution < -0.4 is 4.74 Å². The van der Waals surface area contributed by atoms with E-state index >= 15 is 0 Å². The molecule has 3 nitrogen and oxygen atoms in total. The third-order valence-corrected chi connectivity index (χ3v) is 3.28. The van der Waals surface area contributed by atoms with E-state index in [0.29, 0.717) is 0 Å². The number of hydrogen-bond acceptors (Lipinski definition) is 3. The van der Waals surface area contributed by atoms with E-state index in [1.807, 2.05) is 14.0 Å². The predicted molar refractivity (Wildman–Crippen MR) is 71.6 cm³/mol. The Bertz CT molecular complexity index is 464. The number of hydrogen-bond donors (Lipinski definition) is 0. The maximum atomic E-state index is 8.81. The SMILES string of the molecule is Cc1ccc2c(c1)CC(CN(C)CC(C)C#N)O2. The van der Waals surface area contributed by atoms with Gasteiger partial charge in [0.25, 0.3) is 0 Å². The van der Waals surface area contributed by atoms with Gasteiger partial charge in [-0.2, -0.15) is 5.26 Å². The zero-order chi connectivity index (χ0) is 13.1. The van der Waals surface area contributed by atoms with Crippen molar-refractivity contribution in [3.8, 4) is 11.8 Å². The normalized spacial score (nSPS) is 19.2. The smallest absolute Gasteiger partial charge is 0.123 e. The Balaban J connectivity index is 1.90. The summed E-state index contributed by atoms with van der Waals surface area (Å²) in [6.07, 6.45) is 1.19. The van der Waals surface area contributed by atoms with Gasteiger partial charge < -0.3 is 9.64 Å². The van der Waals surface area contributed by atoms with Crippen LogP contribution in [-0.4, -0.2) is 31.1 Å². The zero-order valence-electron chi connectivity index (χ0n) is 11.3. The van der Waals surface area contributed by atoms with E-state index in [4.69, 9.17) is 10.00 Å². The van der Waals surface area contributed by atoms with Crippen LogP contribution in [0.4, 0.5) is 0 Å². The van der Waals surface area contributed by atoms with Gasteiger partial charge in [-0.05, 0) is 32.5 Å². The molecule has 2 rings (SSSR count). The molecule has 0 spiro atoms. The van der Waals surface area contributed by atoms with Crippen molar-refractivity contribution in [2.24, 2.45) is 5.92 Å². The van der Waals surface area contributed by atoms with Crippen LogP contribution in [0.25, 0.3) is 0 Å². The van der Waals surface area contributed by atoms with Gasteiger partial charge in [-0.25, -0.2) is 0 Å². The molecule has 0 amide bonds. The molecule has 0 fully saturated rings. The van der Waals surface area contributed by atoms with Crippen LogP contribution in [-0.2, 0) is 6.42 Å². The Hall–Kier alpha value is -1.53. The molecule has 2 unspecified atom stereocenters. The van der Waals surface area contributed by atoms with Crippen LogP contribution in [0.2, 0.25) is 0 Å². The summed E-state index contributed by atoms with van der Waals surface area (Å²) in [5.41, 5.74) is 2.59. The molecule has 1 aromatic carbocycles. The Morgan fingerprint density at radius 1 is 1.56 bits per heavy atom. The number of benzene rings is 1. The van der Waals surface area contributed by atoms with Gasteiger partial charge in [0.05, 0.1) is 12.0 Å². The lowest BCUT2D eigenvalue weighted by atomic mass is 10.1. The first kappa shape index (κ1) is 12.9. The summed E-state index contributed by atoms with van der Waals surface area (Å²) in [5, 5.41) is 8.81. The first-order valence-electron chi connectivity index (χ1n) is 6.43. The van der Waals surface area contributed by atoms with Crippen molar-refractivity contribution >= 4 is 0 Å². The topological polar surface area (TPSA) is 36.3 Å². The zero-order valence-corrected chi connectivity index (χ0v) is 11.3. The highest BCUT2D eigenvalue weighted by atomic mass is 16.5. The van der Waals surface area contributed by atoms with E-state index in [0.717, 1.165) is 25.3 Å². The summed E-state index contributed by atoms with van der Waals surface area (Å²) in [6, 6.07) is 8.61. The summed E-state index contributed by atoms with van der Waals surface area (Å²) in [4.78, 5) is 2.18. The first-order chi connectivity index (χ1) is 8.58. The maximum Gasteiger partial charge on any atom is 0.123 e. The van der Waals surface area contributed by atoms with E-state index in [-0.39, 0.29) is 12.0 Å². The Labute approximate surface area is 109 Å². The van der Waals surface area contributed by atoms with Crippen molar-refractivity contribution < 1.29 is 4.74 Å². The standard InChI is InChI=1S/C15H20N2O/c1-11-4-5-15-13(6-11)7-14(18-15)10-17(3)9-12(2)8-16/h4-6,12,14H,7,9-10H2,1-3H3. The Kier molecular flexibility index (Phi) is 3.88. The molecule has 0 saturated heterocycles. The summed E-state index contributed by atoms with van der Waals surface area (Å²) < 4.78 is 5.92. The van der Waals surface area contributed by atoms with Gasteiger partial charge in [0.1, 0.15) is 11.9 Å². The van der Waals surface area contributed by atoms with Gasteiger partial charge in [-0.3, -0.25) is 0 Å². The number of nitrogens with zero attached hydrogens (tertiary/aromatic N) is 2. The molecule has 0 aromatic heterocycles. The summed E-state index contributed by atoms with van der Waals surface area (Å²) in [7, 11) is 2.05. The third-order valence-electron chi connectivity index (χ3n) is 3.28. The van der Waals surface area contributed by atoms with Gasteiger partial charge in [0.2, 0.25) is 0 Å². The van der Waals surface area contributed by atoms with Crippen molar-refractivity contribution in [2.45, 2.75) is 26.4 Å². The predicted octanol–water partition coefficient (Wildman–Crippen LogP) is 2.39. The van der Waals surface area contributed by atoms with Crippen molar-refractivity contribution in [1.29, 1.82) is 5.26 Å². The van der Waals surface area contributed by atoms with E-state index in [2.05, 4.69) is 36.1 Å². The van der Waals surface area contributed by atoms with Crippen molar-refractivity contribution in [1.82, 2.24) is 4.90 Å². The second-order valence-electron chi connectivity index (χ2n) is 5.31. The van der Waals surface area contributed by atoms with E-state index in [1.54, 1.807) is 0 Å². The highest BCUT2D eigenvalue weighted by Gasteiger charge is 2.24. The molecular weight excluding hydrogens is 224 g/mol. The van der Waals surface area contributed by atoms with E-state index in [1.165, 1.54) is 11.1 Å². The minimum absolute atomic E-state index is 0.0704. The lowest BCUT2D eigenvalue weighted by Gasteiger charge is -2.21. The van der Waals surface area contributed by atoms with Crippen molar-refractivity contribution in [3.63, 3.8) is 0 Å². The van der Waals surface area contributed by atoms with Crippen LogP contribution in [0, 0.1) is 24.2 Å². The first-order valence-corrected chi connectivity index (χ1v) is 6.43. The molecule has 2 atom stereocenters. The average Bonchev–Trinajstić information content (AvgIpc) is 2.69. The molecular formula is C15H20N2O. The molecule has 3 heteroatoms. The van der Waals surface area contributed by atoms with Gasteiger partial charge in [0, 0.05) is 19.5 Å². The number of ether oxygens (including phenoxy) is 1. The number of nitriles is 1. The molecule has 1 aliphatic heterocycles. The highest BCUT2D eigenvalue weighted by Crippen LogP contribution is 2.29. The van der Waals surface area contributed by atoms with Crippen molar-refractivity contribution in [2.75, 3.05) is 20.1 Å². The number of fused-ring (bicyclic) bond motifs is 1. The lowest BCUT2D eigenvalue weighted by molar-refractivity contribution is 0.163. The number of aryl methyl sites for hydroxylation is 1. The minimum atomic E-state index is 0.0704. The molecule has 1 aromatic rings. The second kappa shape index (κ2) is 5.41. The fraction of sp³-hybridized carbons (Fsp3) is 0.533. The molecule has 96 valence electrons. The molecule has 18 heavy (non-hydrogen) atoms. The van der Waals surface area contributed by atoms with Gasteiger partial charge in [0.15, 0.2) is 0 Å². The fourth-order valence-electron chi connectivity index (χ4n) is 2.48. The average molecular weight is 244 g/mol. The minimum Gasteiger partial charge on any atom is -0.488 e. The Morgan fingerprint density at radius 3 is 3.06 bits per heavy atom. The van der Waals surface area contributed by atoms with Crippen LogP contribution in [0.5, 0.6) is 5.75 Å². The molecule has 0 bridgehead atoms. The maximum absolute atomic E-state index is 8.81. The second-order valence-corrected chi connectivity index (χ2v) is 5.31. The van der Waals surface area contributed by atoms with Crippen LogP contribution >= 0.6 is 0 Å². The van der Waals surface area contributed by atoms with Gasteiger partial charge in [-0.15, -0.1) is 0 Å². The highest BCUT2D eigenvalue weighted by molar-refractivity contribution is 5.40. The molecule has 0 N–H and O–H groups in total. The number of rotatable bonds is 4. The summed E-state index contributed by atoms with van der Waals surface area (Å²) >= 11 is 0. The Morgan fingerprint density at radius 2 is 2.33 bits per heavy atom. The van der Waals surface area contributed by atoms with Crippen LogP contribution in [0.3, 0.4) is 0 Å². The number of likely N-dealkylation sites (N-methyl/N-ethyl adjacent to an activating group) is 1. The van der Waals surface area contributed by atoms with Gasteiger partial charge >= 0.3 is 0 Å². The summed E-state index contributed by atoms with van der Waals surface area (Å²) in [5.74, 6) is 1.09. The van der Waals surface area contributed by atoms with Gasteiger partial charge in [-0.1, -0.05) is 17.7 Å². The molecule has 0 radical (unpaired) electrons. The largest absolute Gasteiger partial charge is 0.488 e.